The van der Waals surface area contributed by atoms with Crippen LogP contribution in [0.15, 0.2) is 17.1 Å². The van der Waals surface area contributed by atoms with E-state index in [1.165, 1.54) is 13.2 Å². The van der Waals surface area contributed by atoms with Gasteiger partial charge in [-0.2, -0.15) is 0 Å². The second-order valence-corrected chi connectivity index (χ2v) is 3.65. The number of benzene rings is 1. The highest BCUT2D eigenvalue weighted by Crippen LogP contribution is 2.32. The lowest BCUT2D eigenvalue weighted by atomic mass is 10.1. The van der Waals surface area contributed by atoms with Crippen LogP contribution in [0, 0.1) is 0 Å². The molecule has 0 bridgehead atoms. The van der Waals surface area contributed by atoms with Crippen molar-refractivity contribution >= 4 is 29.3 Å². The van der Waals surface area contributed by atoms with E-state index in [0.717, 1.165) is 5.56 Å². The monoisotopic (exact) mass is 245 g/mol. The normalized spacial score (nSPS) is 9.53. The molecule has 0 aliphatic rings. The van der Waals surface area contributed by atoms with E-state index in [-0.39, 0.29) is 0 Å². The molecule has 1 aromatic rings. The molecular weight excluding hydrogens is 237 g/mol. The minimum absolute atomic E-state index is 0.344. The second kappa shape index (κ2) is 5.76. The van der Waals surface area contributed by atoms with Gasteiger partial charge >= 0.3 is 0 Å². The molecule has 0 aliphatic carbocycles. The average molecular weight is 246 g/mol. The van der Waals surface area contributed by atoms with Gasteiger partial charge in [0.2, 0.25) is 6.08 Å². The molecule has 3 nitrogen and oxygen atoms in total. The van der Waals surface area contributed by atoms with Crippen LogP contribution in [0.1, 0.15) is 5.56 Å². The highest BCUT2D eigenvalue weighted by molar-refractivity contribution is 6.35. The lowest BCUT2D eigenvalue weighted by Crippen LogP contribution is -1.95. The Labute approximate surface area is 97.7 Å². The average Bonchev–Trinajstić information content (AvgIpc) is 2.17. The van der Waals surface area contributed by atoms with Gasteiger partial charge in [0.05, 0.1) is 18.7 Å². The Morgan fingerprint density at radius 3 is 2.80 bits per heavy atom. The first-order valence-electron chi connectivity index (χ1n) is 4.24. The Hall–Kier alpha value is -1.02. The first-order chi connectivity index (χ1) is 7.19. The van der Waals surface area contributed by atoms with E-state index < -0.39 is 0 Å². The van der Waals surface area contributed by atoms with Gasteiger partial charge in [0.15, 0.2) is 0 Å². The van der Waals surface area contributed by atoms with Crippen LogP contribution >= 0.6 is 23.2 Å². The van der Waals surface area contributed by atoms with Gasteiger partial charge in [0.1, 0.15) is 5.75 Å². The molecular formula is C10H9Cl2NO2. The fraction of sp³-hybridized carbons (Fsp3) is 0.300. The quantitative estimate of drug-likeness (QED) is 0.605. The summed E-state index contributed by atoms with van der Waals surface area (Å²) >= 11 is 11.8. The Bertz CT molecular complexity index is 401. The maximum absolute atomic E-state index is 9.91. The zero-order valence-corrected chi connectivity index (χ0v) is 9.60. The van der Waals surface area contributed by atoms with Gasteiger partial charge in [-0.15, -0.1) is 0 Å². The van der Waals surface area contributed by atoms with Gasteiger partial charge < -0.3 is 4.74 Å². The minimum Gasteiger partial charge on any atom is -0.495 e. The molecule has 0 aromatic heterocycles. The van der Waals surface area contributed by atoms with Crippen LogP contribution in [0.2, 0.25) is 10.0 Å². The maximum atomic E-state index is 9.91. The number of aliphatic imine (C=N–C) groups is 1. The molecule has 0 atom stereocenters. The molecule has 5 heteroatoms. The standard InChI is InChI=1S/C10H9Cl2NO2/c1-15-10-7(2-3-13-6-14)4-8(11)5-9(10)12/h4-5H,2-3H2,1H3. The first kappa shape index (κ1) is 12.1. The first-order valence-corrected chi connectivity index (χ1v) is 5.00. The molecule has 0 heterocycles. The molecule has 80 valence electrons. The predicted octanol–water partition coefficient (Wildman–Crippen LogP) is 2.88. The van der Waals surface area contributed by atoms with Gasteiger partial charge in [-0.25, -0.2) is 9.79 Å². The molecule has 15 heavy (non-hydrogen) atoms. The number of hydrogen-bond donors (Lipinski definition) is 0. The molecule has 1 rings (SSSR count). The summed E-state index contributed by atoms with van der Waals surface area (Å²) in [5, 5.41) is 0.987. The van der Waals surface area contributed by atoms with Gasteiger partial charge in [-0.1, -0.05) is 23.2 Å². The molecule has 0 saturated heterocycles. The second-order valence-electron chi connectivity index (χ2n) is 2.80. The summed E-state index contributed by atoms with van der Waals surface area (Å²) in [5.74, 6) is 0.571. The number of nitrogens with zero attached hydrogens (tertiary/aromatic N) is 1. The Morgan fingerprint density at radius 1 is 1.47 bits per heavy atom. The van der Waals surface area contributed by atoms with Crippen molar-refractivity contribution in [1.82, 2.24) is 0 Å². The zero-order valence-electron chi connectivity index (χ0n) is 8.09. The van der Waals surface area contributed by atoms with Crippen molar-refractivity contribution in [1.29, 1.82) is 0 Å². The number of carbonyl (C=O) groups excluding carboxylic acids is 1. The maximum Gasteiger partial charge on any atom is 0.234 e. The molecule has 0 fully saturated rings. The van der Waals surface area contributed by atoms with E-state index in [0.29, 0.717) is 28.8 Å². The fourth-order valence-corrected chi connectivity index (χ4v) is 1.86. The zero-order chi connectivity index (χ0) is 11.3. The third-order valence-corrected chi connectivity index (χ3v) is 2.35. The minimum atomic E-state index is 0.344. The van der Waals surface area contributed by atoms with Crippen molar-refractivity contribution in [3.63, 3.8) is 0 Å². The van der Waals surface area contributed by atoms with Crippen LogP contribution in [0.4, 0.5) is 0 Å². The summed E-state index contributed by atoms with van der Waals surface area (Å²) < 4.78 is 5.13. The summed E-state index contributed by atoms with van der Waals surface area (Å²) in [7, 11) is 1.53. The molecule has 0 N–H and O–H groups in total. The van der Waals surface area contributed by atoms with Gasteiger partial charge in [0.25, 0.3) is 0 Å². The van der Waals surface area contributed by atoms with Crippen LogP contribution < -0.4 is 4.74 Å². The van der Waals surface area contributed by atoms with Crippen molar-refractivity contribution < 1.29 is 9.53 Å². The number of rotatable bonds is 4. The summed E-state index contributed by atoms with van der Waals surface area (Å²) in [6, 6.07) is 3.35. The van der Waals surface area contributed by atoms with Crippen molar-refractivity contribution in [3.05, 3.63) is 27.7 Å². The predicted molar refractivity (Wildman–Crippen MR) is 59.7 cm³/mol. The van der Waals surface area contributed by atoms with E-state index in [9.17, 15) is 4.79 Å². The Kier molecular flexibility index (Phi) is 4.63. The number of methoxy groups -OCH3 is 1. The van der Waals surface area contributed by atoms with E-state index in [1.807, 2.05) is 0 Å². The summed E-state index contributed by atoms with van der Waals surface area (Å²) in [6.45, 7) is 0.344. The molecule has 0 spiro atoms. The highest BCUT2D eigenvalue weighted by atomic mass is 35.5. The van der Waals surface area contributed by atoms with Crippen LogP contribution in [-0.2, 0) is 11.2 Å². The van der Waals surface area contributed by atoms with Gasteiger partial charge in [-0.3, -0.25) is 0 Å². The fourth-order valence-electron chi connectivity index (χ4n) is 1.25. The van der Waals surface area contributed by atoms with Crippen LogP contribution in [0.5, 0.6) is 5.75 Å². The van der Waals surface area contributed by atoms with Gasteiger partial charge in [0, 0.05) is 5.02 Å². The van der Waals surface area contributed by atoms with Crippen LogP contribution in [-0.4, -0.2) is 19.7 Å². The van der Waals surface area contributed by atoms with Gasteiger partial charge in [-0.05, 0) is 24.1 Å². The number of isocyanates is 1. The van der Waals surface area contributed by atoms with Crippen molar-refractivity contribution in [2.45, 2.75) is 6.42 Å². The Balaban J connectivity index is 2.98. The number of hydrogen-bond acceptors (Lipinski definition) is 3. The van der Waals surface area contributed by atoms with Crippen molar-refractivity contribution in [2.75, 3.05) is 13.7 Å². The van der Waals surface area contributed by atoms with Crippen LogP contribution in [0.3, 0.4) is 0 Å². The largest absolute Gasteiger partial charge is 0.495 e. The Morgan fingerprint density at radius 2 is 2.20 bits per heavy atom. The molecule has 0 amide bonds. The summed E-state index contributed by atoms with van der Waals surface area (Å²) in [5.41, 5.74) is 0.828. The van der Waals surface area contributed by atoms with Crippen molar-refractivity contribution in [3.8, 4) is 5.75 Å². The molecule has 0 saturated carbocycles. The SMILES string of the molecule is COc1c(Cl)cc(Cl)cc1CCN=C=O. The molecule has 1 aromatic carbocycles. The van der Waals surface area contributed by atoms with E-state index in [2.05, 4.69) is 4.99 Å². The van der Waals surface area contributed by atoms with Crippen LogP contribution in [0.25, 0.3) is 0 Å². The topological polar surface area (TPSA) is 38.7 Å². The number of halogens is 2. The lowest BCUT2D eigenvalue weighted by molar-refractivity contribution is 0.410. The number of ether oxygens (including phenoxy) is 1. The van der Waals surface area contributed by atoms with E-state index in [1.54, 1.807) is 12.1 Å². The third-order valence-electron chi connectivity index (χ3n) is 1.85. The summed E-state index contributed by atoms with van der Waals surface area (Å²) in [4.78, 5) is 13.4. The molecule has 0 aliphatic heterocycles. The summed E-state index contributed by atoms with van der Waals surface area (Å²) in [6.07, 6.45) is 2.01. The lowest BCUT2D eigenvalue weighted by Gasteiger charge is -2.09. The third kappa shape index (κ3) is 3.24. The van der Waals surface area contributed by atoms with Crippen molar-refractivity contribution in [2.24, 2.45) is 4.99 Å². The highest BCUT2D eigenvalue weighted by Gasteiger charge is 2.09. The van der Waals surface area contributed by atoms with E-state index >= 15 is 0 Å². The van der Waals surface area contributed by atoms with E-state index in [4.69, 9.17) is 27.9 Å². The molecule has 0 radical (unpaired) electrons. The smallest absolute Gasteiger partial charge is 0.234 e. The molecule has 0 unspecified atom stereocenters.